The second-order valence-corrected chi connectivity index (χ2v) is 4.04. The third-order valence-corrected chi connectivity index (χ3v) is 3.07. The van der Waals surface area contributed by atoms with Gasteiger partial charge in [-0.25, -0.2) is 4.39 Å². The molecular weight excluding hydrogens is 165 g/mol. The molecule has 1 aliphatic carbocycles. The average molecular weight is 185 g/mol. The molecular formula is C11H20FN. The van der Waals surface area contributed by atoms with Gasteiger partial charge in [-0.1, -0.05) is 26.3 Å². The van der Waals surface area contributed by atoms with Crippen molar-refractivity contribution in [1.82, 2.24) is 0 Å². The fourth-order valence-electron chi connectivity index (χ4n) is 1.75. The maximum Gasteiger partial charge on any atom is 0.136 e. The SMILES string of the molecule is CCC(C)C(N)C(F)C1=CCCC1. The number of alkyl halides is 1. The highest BCUT2D eigenvalue weighted by atomic mass is 19.1. The van der Waals surface area contributed by atoms with Gasteiger partial charge in [-0.2, -0.15) is 0 Å². The van der Waals surface area contributed by atoms with Gasteiger partial charge in [0.15, 0.2) is 0 Å². The summed E-state index contributed by atoms with van der Waals surface area (Å²) in [6.45, 7) is 4.08. The molecule has 0 aromatic rings. The Morgan fingerprint density at radius 3 is 2.77 bits per heavy atom. The molecule has 0 aromatic heterocycles. The standard InChI is InChI=1S/C11H20FN/c1-3-8(2)11(13)10(12)9-6-4-5-7-9/h6,8,10-11H,3-5,7,13H2,1-2H3. The van der Waals surface area contributed by atoms with Crippen LogP contribution in [0.2, 0.25) is 0 Å². The van der Waals surface area contributed by atoms with Crippen LogP contribution in [0.4, 0.5) is 4.39 Å². The maximum absolute atomic E-state index is 13.7. The van der Waals surface area contributed by atoms with Gasteiger partial charge in [0, 0.05) is 6.04 Å². The maximum atomic E-state index is 13.7. The molecule has 0 bridgehead atoms. The predicted octanol–water partition coefficient (Wildman–Crippen LogP) is 2.81. The molecule has 0 fully saturated rings. The Kier molecular flexibility index (Phi) is 3.91. The molecule has 1 rings (SSSR count). The van der Waals surface area contributed by atoms with E-state index in [-0.39, 0.29) is 12.0 Å². The largest absolute Gasteiger partial charge is 0.325 e. The van der Waals surface area contributed by atoms with E-state index < -0.39 is 6.17 Å². The van der Waals surface area contributed by atoms with Crippen molar-refractivity contribution in [3.63, 3.8) is 0 Å². The van der Waals surface area contributed by atoms with Crippen molar-refractivity contribution in [2.24, 2.45) is 11.7 Å². The van der Waals surface area contributed by atoms with Crippen LogP contribution >= 0.6 is 0 Å². The summed E-state index contributed by atoms with van der Waals surface area (Å²) in [6.07, 6.45) is 5.11. The number of halogens is 1. The smallest absolute Gasteiger partial charge is 0.136 e. The number of nitrogens with two attached hydrogens (primary N) is 1. The molecule has 0 heterocycles. The van der Waals surface area contributed by atoms with Crippen molar-refractivity contribution >= 4 is 0 Å². The van der Waals surface area contributed by atoms with Crippen LogP contribution in [0.1, 0.15) is 39.5 Å². The molecule has 3 atom stereocenters. The molecule has 1 aliphatic rings. The van der Waals surface area contributed by atoms with Crippen molar-refractivity contribution in [1.29, 1.82) is 0 Å². The second kappa shape index (κ2) is 4.75. The van der Waals surface area contributed by atoms with Crippen LogP contribution < -0.4 is 5.73 Å². The molecule has 2 N–H and O–H groups in total. The second-order valence-electron chi connectivity index (χ2n) is 4.04. The van der Waals surface area contributed by atoms with Gasteiger partial charge in [-0.15, -0.1) is 0 Å². The molecule has 0 saturated heterocycles. The van der Waals surface area contributed by atoms with Crippen LogP contribution in [-0.2, 0) is 0 Å². The van der Waals surface area contributed by atoms with E-state index >= 15 is 0 Å². The summed E-state index contributed by atoms with van der Waals surface area (Å²) < 4.78 is 13.7. The Morgan fingerprint density at radius 2 is 2.31 bits per heavy atom. The van der Waals surface area contributed by atoms with Crippen LogP contribution in [0, 0.1) is 5.92 Å². The Labute approximate surface area is 80.2 Å². The summed E-state index contributed by atoms with van der Waals surface area (Å²) in [5.74, 6) is 0.275. The van der Waals surface area contributed by atoms with E-state index in [1.807, 2.05) is 13.0 Å². The van der Waals surface area contributed by atoms with E-state index in [1.165, 1.54) is 0 Å². The summed E-state index contributed by atoms with van der Waals surface area (Å²) in [5.41, 5.74) is 6.77. The van der Waals surface area contributed by atoms with E-state index in [2.05, 4.69) is 6.92 Å². The lowest BCUT2D eigenvalue weighted by Crippen LogP contribution is -2.38. The van der Waals surface area contributed by atoms with E-state index in [1.54, 1.807) is 0 Å². The summed E-state index contributed by atoms with van der Waals surface area (Å²) in [6, 6.07) is -0.311. The zero-order valence-electron chi connectivity index (χ0n) is 8.59. The molecule has 1 nitrogen and oxygen atoms in total. The highest BCUT2D eigenvalue weighted by Gasteiger charge is 2.26. The summed E-state index contributed by atoms with van der Waals surface area (Å²) >= 11 is 0. The normalized spacial score (nSPS) is 23.8. The zero-order chi connectivity index (χ0) is 9.84. The van der Waals surface area contributed by atoms with Crippen molar-refractivity contribution in [3.8, 4) is 0 Å². The van der Waals surface area contributed by atoms with Gasteiger partial charge in [0.05, 0.1) is 0 Å². The first-order valence-corrected chi connectivity index (χ1v) is 5.25. The first-order chi connectivity index (χ1) is 6.16. The van der Waals surface area contributed by atoms with Crippen molar-refractivity contribution in [3.05, 3.63) is 11.6 Å². The van der Waals surface area contributed by atoms with Gasteiger partial charge in [0.25, 0.3) is 0 Å². The van der Waals surface area contributed by atoms with Crippen molar-refractivity contribution in [2.75, 3.05) is 0 Å². The van der Waals surface area contributed by atoms with Crippen LogP contribution in [0.3, 0.4) is 0 Å². The molecule has 0 spiro atoms. The summed E-state index contributed by atoms with van der Waals surface area (Å²) in [4.78, 5) is 0. The zero-order valence-corrected chi connectivity index (χ0v) is 8.59. The summed E-state index contributed by atoms with van der Waals surface area (Å²) in [5, 5.41) is 0. The van der Waals surface area contributed by atoms with Crippen LogP contribution in [0.15, 0.2) is 11.6 Å². The van der Waals surface area contributed by atoms with Gasteiger partial charge in [0.2, 0.25) is 0 Å². The Morgan fingerprint density at radius 1 is 1.62 bits per heavy atom. The Hall–Kier alpha value is -0.370. The minimum Gasteiger partial charge on any atom is -0.325 e. The number of allylic oxidation sites excluding steroid dienone is 1. The fraction of sp³-hybridized carbons (Fsp3) is 0.818. The third kappa shape index (κ3) is 2.53. The lowest BCUT2D eigenvalue weighted by atomic mass is 9.92. The molecule has 0 radical (unpaired) electrons. The molecule has 0 saturated carbocycles. The lowest BCUT2D eigenvalue weighted by molar-refractivity contribution is 0.262. The third-order valence-electron chi connectivity index (χ3n) is 3.07. The van der Waals surface area contributed by atoms with Crippen molar-refractivity contribution < 1.29 is 4.39 Å². The Balaban J connectivity index is 2.50. The van der Waals surface area contributed by atoms with Gasteiger partial charge in [0.1, 0.15) is 6.17 Å². The topological polar surface area (TPSA) is 26.0 Å². The summed E-state index contributed by atoms with van der Waals surface area (Å²) in [7, 11) is 0. The fourth-order valence-corrected chi connectivity index (χ4v) is 1.75. The van der Waals surface area contributed by atoms with Gasteiger partial charge >= 0.3 is 0 Å². The van der Waals surface area contributed by atoms with E-state index in [0.29, 0.717) is 0 Å². The molecule has 76 valence electrons. The first kappa shape index (κ1) is 10.7. The monoisotopic (exact) mass is 185 g/mol. The van der Waals surface area contributed by atoms with Gasteiger partial charge in [-0.3, -0.25) is 0 Å². The molecule has 0 aliphatic heterocycles. The number of rotatable bonds is 4. The van der Waals surface area contributed by atoms with Gasteiger partial charge < -0.3 is 5.73 Å². The highest BCUT2D eigenvalue weighted by Crippen LogP contribution is 2.26. The molecule has 3 unspecified atom stereocenters. The minimum absolute atomic E-state index is 0.275. The molecule has 13 heavy (non-hydrogen) atoms. The van der Waals surface area contributed by atoms with Crippen LogP contribution in [0.25, 0.3) is 0 Å². The van der Waals surface area contributed by atoms with Crippen molar-refractivity contribution in [2.45, 2.75) is 51.7 Å². The van der Waals surface area contributed by atoms with E-state index in [0.717, 1.165) is 31.3 Å². The minimum atomic E-state index is -0.905. The van der Waals surface area contributed by atoms with Gasteiger partial charge in [-0.05, 0) is 30.8 Å². The van der Waals surface area contributed by atoms with E-state index in [9.17, 15) is 4.39 Å². The molecule has 0 amide bonds. The van der Waals surface area contributed by atoms with E-state index in [4.69, 9.17) is 5.73 Å². The number of hydrogen-bond donors (Lipinski definition) is 1. The number of hydrogen-bond acceptors (Lipinski definition) is 1. The van der Waals surface area contributed by atoms with Crippen LogP contribution in [0.5, 0.6) is 0 Å². The highest BCUT2D eigenvalue weighted by molar-refractivity contribution is 5.15. The molecule has 0 aromatic carbocycles. The first-order valence-electron chi connectivity index (χ1n) is 5.25. The Bertz CT molecular complexity index is 189. The average Bonchev–Trinajstić information content (AvgIpc) is 2.67. The predicted molar refractivity (Wildman–Crippen MR) is 54.3 cm³/mol. The quantitative estimate of drug-likeness (QED) is 0.670. The lowest BCUT2D eigenvalue weighted by Gasteiger charge is -2.23. The molecule has 2 heteroatoms. The van der Waals surface area contributed by atoms with Crippen LogP contribution in [-0.4, -0.2) is 12.2 Å².